The summed E-state index contributed by atoms with van der Waals surface area (Å²) in [5, 5.41) is 5.98. The van der Waals surface area contributed by atoms with E-state index >= 15 is 0 Å². The molecule has 2 heterocycles. The van der Waals surface area contributed by atoms with E-state index in [4.69, 9.17) is 4.74 Å². The minimum Gasteiger partial charge on any atom is -0.492 e. The molecular formula is C15H18N4O2. The number of nitrogens with one attached hydrogen (secondary N) is 2. The van der Waals surface area contributed by atoms with Crippen LogP contribution in [0.3, 0.4) is 0 Å². The molecule has 1 aliphatic rings. The van der Waals surface area contributed by atoms with Crippen molar-refractivity contribution in [3.8, 4) is 5.75 Å². The Hall–Kier alpha value is -2.50. The first-order valence-electron chi connectivity index (χ1n) is 7.10. The molecule has 1 amide bonds. The van der Waals surface area contributed by atoms with Crippen molar-refractivity contribution in [2.45, 2.75) is 13.0 Å². The number of hydrogen-bond donors (Lipinski definition) is 2. The van der Waals surface area contributed by atoms with Crippen LogP contribution < -0.4 is 15.4 Å². The third-order valence-corrected chi connectivity index (χ3v) is 3.27. The van der Waals surface area contributed by atoms with Crippen molar-refractivity contribution in [2.75, 3.05) is 25.0 Å². The summed E-state index contributed by atoms with van der Waals surface area (Å²) in [7, 11) is 0. The molecule has 0 unspecified atom stereocenters. The Labute approximate surface area is 123 Å². The van der Waals surface area contributed by atoms with Gasteiger partial charge in [-0.15, -0.1) is 0 Å². The highest BCUT2D eigenvalue weighted by molar-refractivity contribution is 5.92. The fourth-order valence-corrected chi connectivity index (χ4v) is 2.23. The topological polar surface area (TPSA) is 68.2 Å². The molecule has 0 saturated carbocycles. The number of carbonyl (C=O) groups excluding carboxylic acids is 1. The Kier molecular flexibility index (Phi) is 4.04. The Morgan fingerprint density at radius 2 is 2.24 bits per heavy atom. The van der Waals surface area contributed by atoms with Gasteiger partial charge in [-0.25, -0.2) is 4.98 Å². The molecule has 0 atom stereocenters. The number of nitrogens with zero attached hydrogens (tertiary/aromatic N) is 2. The summed E-state index contributed by atoms with van der Waals surface area (Å²) in [6, 6.07) is 9.53. The van der Waals surface area contributed by atoms with Crippen molar-refractivity contribution in [2.24, 2.45) is 0 Å². The van der Waals surface area contributed by atoms with E-state index in [1.807, 2.05) is 34.9 Å². The molecule has 1 aliphatic heterocycles. The van der Waals surface area contributed by atoms with Crippen LogP contribution in [0, 0.1) is 0 Å². The molecule has 110 valence electrons. The second-order valence-electron chi connectivity index (χ2n) is 4.84. The van der Waals surface area contributed by atoms with Gasteiger partial charge in [-0.05, 0) is 18.6 Å². The van der Waals surface area contributed by atoms with Gasteiger partial charge in [-0.2, -0.15) is 0 Å². The molecular weight excluding hydrogens is 268 g/mol. The van der Waals surface area contributed by atoms with Crippen molar-refractivity contribution in [1.29, 1.82) is 0 Å². The van der Waals surface area contributed by atoms with Crippen molar-refractivity contribution >= 4 is 11.9 Å². The lowest BCUT2D eigenvalue weighted by Crippen LogP contribution is -2.28. The summed E-state index contributed by atoms with van der Waals surface area (Å²) in [6.45, 7) is 2.69. The molecule has 2 N–H and O–H groups in total. The third kappa shape index (κ3) is 3.34. The molecule has 3 rings (SSSR count). The standard InChI is InChI=1S/C15H18N4O2/c20-14(13-11-19-9-4-7-17-15(19)18-13)16-8-10-21-12-5-2-1-3-6-12/h1-3,5-6,11H,4,7-10H2,(H,16,20)(H,17,18). The van der Waals surface area contributed by atoms with Gasteiger partial charge in [0.1, 0.15) is 18.1 Å². The number of anilines is 1. The zero-order chi connectivity index (χ0) is 14.5. The van der Waals surface area contributed by atoms with Crippen molar-refractivity contribution in [3.05, 3.63) is 42.2 Å². The first-order chi connectivity index (χ1) is 10.3. The Balaban J connectivity index is 1.47. The van der Waals surface area contributed by atoms with Crippen LogP contribution >= 0.6 is 0 Å². The lowest BCUT2D eigenvalue weighted by Gasteiger charge is -2.14. The minimum absolute atomic E-state index is 0.171. The van der Waals surface area contributed by atoms with Crippen molar-refractivity contribution in [3.63, 3.8) is 0 Å². The summed E-state index contributed by atoms with van der Waals surface area (Å²) < 4.78 is 7.49. The maximum absolute atomic E-state index is 12.0. The Morgan fingerprint density at radius 1 is 1.38 bits per heavy atom. The van der Waals surface area contributed by atoms with Crippen LogP contribution in [0.1, 0.15) is 16.9 Å². The summed E-state index contributed by atoms with van der Waals surface area (Å²) in [6.07, 6.45) is 2.84. The highest BCUT2D eigenvalue weighted by Gasteiger charge is 2.15. The molecule has 6 nitrogen and oxygen atoms in total. The second kappa shape index (κ2) is 6.30. The minimum atomic E-state index is -0.171. The van der Waals surface area contributed by atoms with Gasteiger partial charge in [0.05, 0.1) is 6.54 Å². The third-order valence-electron chi connectivity index (χ3n) is 3.27. The predicted octanol–water partition coefficient (Wildman–Crippen LogP) is 1.51. The molecule has 0 saturated heterocycles. The molecule has 0 aliphatic carbocycles. The maximum atomic E-state index is 12.0. The van der Waals surface area contributed by atoms with Gasteiger partial charge in [-0.3, -0.25) is 4.79 Å². The number of para-hydroxylation sites is 1. The number of fused-ring (bicyclic) bond motifs is 1. The maximum Gasteiger partial charge on any atom is 0.271 e. The number of aromatic nitrogens is 2. The highest BCUT2D eigenvalue weighted by atomic mass is 16.5. The number of benzene rings is 1. The second-order valence-corrected chi connectivity index (χ2v) is 4.84. The van der Waals surface area contributed by atoms with E-state index in [0.29, 0.717) is 18.8 Å². The smallest absolute Gasteiger partial charge is 0.271 e. The average Bonchev–Trinajstić information content (AvgIpc) is 2.96. The van der Waals surface area contributed by atoms with Gasteiger partial charge < -0.3 is 19.9 Å². The van der Waals surface area contributed by atoms with Gasteiger partial charge in [0.2, 0.25) is 5.95 Å². The molecule has 0 bridgehead atoms. The SMILES string of the molecule is O=C(NCCOc1ccccc1)c1cn2c(n1)NCCC2. The van der Waals surface area contributed by atoms with Crippen LogP contribution in [-0.2, 0) is 6.54 Å². The van der Waals surface area contributed by atoms with E-state index < -0.39 is 0 Å². The number of carbonyl (C=O) groups is 1. The Bertz CT molecular complexity index is 586. The molecule has 0 spiro atoms. The monoisotopic (exact) mass is 286 g/mol. The number of hydrogen-bond acceptors (Lipinski definition) is 4. The van der Waals surface area contributed by atoms with E-state index in [-0.39, 0.29) is 5.91 Å². The largest absolute Gasteiger partial charge is 0.492 e. The molecule has 0 radical (unpaired) electrons. The van der Waals surface area contributed by atoms with E-state index in [0.717, 1.165) is 31.2 Å². The quantitative estimate of drug-likeness (QED) is 0.818. The van der Waals surface area contributed by atoms with E-state index in [9.17, 15) is 4.79 Å². The molecule has 6 heteroatoms. The lowest BCUT2D eigenvalue weighted by molar-refractivity contribution is 0.0942. The molecule has 0 fully saturated rings. The van der Waals surface area contributed by atoms with E-state index in [1.165, 1.54) is 0 Å². The fraction of sp³-hybridized carbons (Fsp3) is 0.333. The van der Waals surface area contributed by atoms with Crippen molar-refractivity contribution in [1.82, 2.24) is 14.9 Å². The predicted molar refractivity (Wildman–Crippen MR) is 79.6 cm³/mol. The fourth-order valence-electron chi connectivity index (χ4n) is 2.23. The van der Waals surface area contributed by atoms with E-state index in [2.05, 4.69) is 15.6 Å². The summed E-state index contributed by atoms with van der Waals surface area (Å²) in [4.78, 5) is 16.3. The van der Waals surface area contributed by atoms with Crippen LogP contribution in [0.2, 0.25) is 0 Å². The zero-order valence-corrected chi connectivity index (χ0v) is 11.7. The highest BCUT2D eigenvalue weighted by Crippen LogP contribution is 2.13. The zero-order valence-electron chi connectivity index (χ0n) is 11.7. The number of imidazole rings is 1. The summed E-state index contributed by atoms with van der Waals surface area (Å²) in [5.74, 6) is 1.40. The number of ether oxygens (including phenoxy) is 1. The lowest BCUT2D eigenvalue weighted by atomic mass is 10.3. The van der Waals surface area contributed by atoms with Gasteiger partial charge in [-0.1, -0.05) is 18.2 Å². The summed E-state index contributed by atoms with van der Waals surface area (Å²) >= 11 is 0. The average molecular weight is 286 g/mol. The molecule has 2 aromatic rings. The van der Waals surface area contributed by atoms with Gasteiger partial charge in [0, 0.05) is 19.3 Å². The van der Waals surface area contributed by atoms with Crippen LogP contribution in [0.4, 0.5) is 5.95 Å². The van der Waals surface area contributed by atoms with Crippen molar-refractivity contribution < 1.29 is 9.53 Å². The first-order valence-corrected chi connectivity index (χ1v) is 7.10. The number of aryl methyl sites for hydroxylation is 1. The first kappa shape index (κ1) is 13.5. The van der Waals surface area contributed by atoms with Crippen LogP contribution in [0.25, 0.3) is 0 Å². The molecule has 1 aromatic carbocycles. The normalized spacial score (nSPS) is 13.1. The number of rotatable bonds is 5. The van der Waals surface area contributed by atoms with Gasteiger partial charge in [0.25, 0.3) is 5.91 Å². The Morgan fingerprint density at radius 3 is 3.05 bits per heavy atom. The number of amides is 1. The van der Waals surface area contributed by atoms with Gasteiger partial charge in [0.15, 0.2) is 0 Å². The van der Waals surface area contributed by atoms with E-state index in [1.54, 1.807) is 6.20 Å². The van der Waals surface area contributed by atoms with Gasteiger partial charge >= 0.3 is 0 Å². The van der Waals surface area contributed by atoms with Crippen LogP contribution in [0.5, 0.6) is 5.75 Å². The van der Waals surface area contributed by atoms with Crippen LogP contribution in [0.15, 0.2) is 36.5 Å². The van der Waals surface area contributed by atoms with Crippen LogP contribution in [-0.4, -0.2) is 35.2 Å². The molecule has 1 aromatic heterocycles. The summed E-state index contributed by atoms with van der Waals surface area (Å²) in [5.41, 5.74) is 0.444. The molecule has 21 heavy (non-hydrogen) atoms.